The number of benzene rings is 1. The highest BCUT2D eigenvalue weighted by Gasteiger charge is 2.14. The van der Waals surface area contributed by atoms with Crippen molar-refractivity contribution in [2.75, 3.05) is 19.0 Å². The van der Waals surface area contributed by atoms with E-state index in [9.17, 15) is 14.4 Å². The maximum atomic E-state index is 11.6. The Kier molecular flexibility index (Phi) is 5.52. The zero-order valence-electron chi connectivity index (χ0n) is 11.2. The molecule has 0 saturated heterocycles. The highest BCUT2D eigenvalue weighted by atomic mass is 16.5. The standard InChI is InChI=1S/C13H16N2O5/c1-8-4-3-5-9(12(17)18)11(8)15-13(19)14-7-6-10(16)20-2/h3-5H,6-7H2,1-2H3,(H,17,18)(H2,14,15,19). The highest BCUT2D eigenvalue weighted by Crippen LogP contribution is 2.20. The molecule has 0 radical (unpaired) electrons. The first-order valence-electron chi connectivity index (χ1n) is 5.90. The Balaban J connectivity index is 2.66. The molecule has 0 saturated carbocycles. The van der Waals surface area contributed by atoms with Gasteiger partial charge in [0.25, 0.3) is 0 Å². The van der Waals surface area contributed by atoms with Gasteiger partial charge in [-0.3, -0.25) is 4.79 Å². The van der Waals surface area contributed by atoms with Gasteiger partial charge < -0.3 is 20.5 Å². The molecule has 0 aromatic heterocycles. The van der Waals surface area contributed by atoms with E-state index in [1.165, 1.54) is 13.2 Å². The third-order valence-electron chi connectivity index (χ3n) is 2.58. The summed E-state index contributed by atoms with van der Waals surface area (Å²) in [5.41, 5.74) is 0.872. The zero-order chi connectivity index (χ0) is 15.1. The molecule has 0 bridgehead atoms. The normalized spacial score (nSPS) is 9.70. The van der Waals surface area contributed by atoms with Crippen molar-refractivity contribution in [2.45, 2.75) is 13.3 Å². The van der Waals surface area contributed by atoms with Gasteiger partial charge in [-0.1, -0.05) is 12.1 Å². The number of rotatable bonds is 5. The lowest BCUT2D eigenvalue weighted by Crippen LogP contribution is -2.31. The van der Waals surface area contributed by atoms with E-state index in [2.05, 4.69) is 15.4 Å². The molecule has 7 heteroatoms. The lowest BCUT2D eigenvalue weighted by molar-refractivity contribution is -0.140. The van der Waals surface area contributed by atoms with Crippen LogP contribution in [0.1, 0.15) is 22.3 Å². The van der Waals surface area contributed by atoms with Gasteiger partial charge in [-0.2, -0.15) is 0 Å². The second kappa shape index (κ2) is 7.13. The number of hydrogen-bond donors (Lipinski definition) is 3. The number of anilines is 1. The van der Waals surface area contributed by atoms with Crippen molar-refractivity contribution in [1.82, 2.24) is 5.32 Å². The fourth-order valence-corrected chi connectivity index (χ4v) is 1.55. The first kappa shape index (κ1) is 15.5. The summed E-state index contributed by atoms with van der Waals surface area (Å²) >= 11 is 0. The van der Waals surface area contributed by atoms with Crippen LogP contribution in [-0.4, -0.2) is 36.7 Å². The smallest absolute Gasteiger partial charge is 0.337 e. The van der Waals surface area contributed by atoms with Crippen molar-refractivity contribution < 1.29 is 24.2 Å². The molecular formula is C13H16N2O5. The van der Waals surface area contributed by atoms with Crippen LogP contribution in [0.15, 0.2) is 18.2 Å². The summed E-state index contributed by atoms with van der Waals surface area (Å²) < 4.78 is 4.43. The van der Waals surface area contributed by atoms with Crippen LogP contribution in [0.25, 0.3) is 0 Å². The molecule has 108 valence electrons. The van der Waals surface area contributed by atoms with Crippen LogP contribution in [-0.2, 0) is 9.53 Å². The summed E-state index contributed by atoms with van der Waals surface area (Å²) in [4.78, 5) is 33.6. The van der Waals surface area contributed by atoms with Gasteiger partial charge in [-0.15, -0.1) is 0 Å². The van der Waals surface area contributed by atoms with E-state index in [4.69, 9.17) is 5.11 Å². The van der Waals surface area contributed by atoms with E-state index in [0.29, 0.717) is 5.56 Å². The Morgan fingerprint density at radius 2 is 2.00 bits per heavy atom. The van der Waals surface area contributed by atoms with Crippen molar-refractivity contribution in [3.63, 3.8) is 0 Å². The monoisotopic (exact) mass is 280 g/mol. The Labute approximate surface area is 115 Å². The average Bonchev–Trinajstić information content (AvgIpc) is 2.40. The highest BCUT2D eigenvalue weighted by molar-refractivity contribution is 6.01. The van der Waals surface area contributed by atoms with Crippen LogP contribution in [0.2, 0.25) is 0 Å². The van der Waals surface area contributed by atoms with Crippen molar-refractivity contribution in [1.29, 1.82) is 0 Å². The van der Waals surface area contributed by atoms with Crippen LogP contribution >= 0.6 is 0 Å². The maximum absolute atomic E-state index is 11.6. The minimum Gasteiger partial charge on any atom is -0.478 e. The Morgan fingerprint density at radius 1 is 1.30 bits per heavy atom. The van der Waals surface area contributed by atoms with Crippen molar-refractivity contribution in [3.05, 3.63) is 29.3 Å². The molecule has 7 nitrogen and oxygen atoms in total. The molecule has 0 aliphatic heterocycles. The number of urea groups is 1. The Morgan fingerprint density at radius 3 is 2.60 bits per heavy atom. The van der Waals surface area contributed by atoms with Crippen LogP contribution < -0.4 is 10.6 Å². The third-order valence-corrected chi connectivity index (χ3v) is 2.58. The average molecular weight is 280 g/mol. The quantitative estimate of drug-likeness (QED) is 0.707. The molecular weight excluding hydrogens is 264 g/mol. The molecule has 2 amide bonds. The van der Waals surface area contributed by atoms with E-state index in [0.717, 1.165) is 0 Å². The molecule has 0 unspecified atom stereocenters. The number of carbonyl (C=O) groups is 3. The van der Waals surface area contributed by atoms with E-state index in [-0.39, 0.29) is 24.2 Å². The third kappa shape index (κ3) is 4.27. The van der Waals surface area contributed by atoms with Crippen LogP contribution in [0, 0.1) is 6.92 Å². The van der Waals surface area contributed by atoms with Crippen LogP contribution in [0.4, 0.5) is 10.5 Å². The molecule has 1 rings (SSSR count). The van der Waals surface area contributed by atoms with E-state index >= 15 is 0 Å². The second-order valence-corrected chi connectivity index (χ2v) is 4.01. The number of esters is 1. The Bertz CT molecular complexity index is 527. The van der Waals surface area contributed by atoms with Gasteiger partial charge in [0.2, 0.25) is 0 Å². The molecule has 0 heterocycles. The van der Waals surface area contributed by atoms with Gasteiger partial charge in [0.1, 0.15) is 0 Å². The van der Waals surface area contributed by atoms with E-state index in [1.54, 1.807) is 19.1 Å². The summed E-state index contributed by atoms with van der Waals surface area (Å²) in [6.07, 6.45) is 0.0451. The largest absolute Gasteiger partial charge is 0.478 e. The maximum Gasteiger partial charge on any atom is 0.337 e. The number of aromatic carboxylic acids is 1. The number of carbonyl (C=O) groups excluding carboxylic acids is 2. The minimum atomic E-state index is -1.13. The number of methoxy groups -OCH3 is 1. The van der Waals surface area contributed by atoms with E-state index in [1.807, 2.05) is 0 Å². The summed E-state index contributed by atoms with van der Waals surface area (Å²) in [5, 5.41) is 14.0. The van der Waals surface area contributed by atoms with Gasteiger partial charge >= 0.3 is 18.0 Å². The Hall–Kier alpha value is -2.57. The minimum absolute atomic E-state index is 0.00752. The first-order chi connectivity index (χ1) is 9.45. The van der Waals surface area contributed by atoms with Crippen LogP contribution in [0.3, 0.4) is 0 Å². The van der Waals surface area contributed by atoms with Crippen molar-refractivity contribution in [3.8, 4) is 0 Å². The molecule has 1 aromatic rings. The summed E-state index contributed by atoms with van der Waals surface area (Å²) in [6, 6.07) is 4.11. The summed E-state index contributed by atoms with van der Waals surface area (Å²) in [6.45, 7) is 1.79. The number of hydrogen-bond acceptors (Lipinski definition) is 4. The lowest BCUT2D eigenvalue weighted by Gasteiger charge is -2.12. The fourth-order valence-electron chi connectivity index (χ4n) is 1.55. The summed E-state index contributed by atoms with van der Waals surface area (Å²) in [5.74, 6) is -1.56. The molecule has 20 heavy (non-hydrogen) atoms. The number of para-hydroxylation sites is 1. The number of carboxylic acid groups (broad SMARTS) is 1. The van der Waals surface area contributed by atoms with Gasteiger partial charge in [0.05, 0.1) is 24.8 Å². The molecule has 0 fully saturated rings. The molecule has 0 atom stereocenters. The van der Waals surface area contributed by atoms with E-state index < -0.39 is 18.0 Å². The lowest BCUT2D eigenvalue weighted by atomic mass is 10.1. The molecule has 3 N–H and O–H groups in total. The topological polar surface area (TPSA) is 105 Å². The number of ether oxygens (including phenoxy) is 1. The zero-order valence-corrected chi connectivity index (χ0v) is 11.2. The fraction of sp³-hybridized carbons (Fsp3) is 0.308. The summed E-state index contributed by atoms with van der Waals surface area (Å²) in [7, 11) is 1.26. The molecule has 1 aromatic carbocycles. The number of nitrogens with one attached hydrogen (secondary N) is 2. The number of carboxylic acids is 1. The molecule has 0 aliphatic carbocycles. The second-order valence-electron chi connectivity index (χ2n) is 4.01. The predicted molar refractivity (Wildman–Crippen MR) is 71.8 cm³/mol. The van der Waals surface area contributed by atoms with Gasteiger partial charge in [0, 0.05) is 6.54 Å². The van der Waals surface area contributed by atoms with Gasteiger partial charge in [-0.25, -0.2) is 9.59 Å². The SMILES string of the molecule is COC(=O)CCNC(=O)Nc1c(C)cccc1C(=O)O. The predicted octanol–water partition coefficient (Wildman–Crippen LogP) is 1.38. The van der Waals surface area contributed by atoms with Gasteiger partial charge in [0.15, 0.2) is 0 Å². The number of amides is 2. The molecule has 0 spiro atoms. The molecule has 0 aliphatic rings. The number of aryl methyl sites for hydroxylation is 1. The first-order valence-corrected chi connectivity index (χ1v) is 5.90. The van der Waals surface area contributed by atoms with Crippen LogP contribution in [0.5, 0.6) is 0 Å². The van der Waals surface area contributed by atoms with Crippen molar-refractivity contribution in [2.24, 2.45) is 0 Å². The van der Waals surface area contributed by atoms with Gasteiger partial charge in [-0.05, 0) is 18.6 Å². The van der Waals surface area contributed by atoms with Crippen molar-refractivity contribution >= 4 is 23.7 Å².